The summed E-state index contributed by atoms with van der Waals surface area (Å²) < 4.78 is 0. The van der Waals surface area contributed by atoms with Crippen LogP contribution < -0.4 is 0 Å². The van der Waals surface area contributed by atoms with E-state index in [4.69, 9.17) is 23.2 Å². The molecule has 1 saturated heterocycles. The molecule has 4 nitrogen and oxygen atoms in total. The summed E-state index contributed by atoms with van der Waals surface area (Å²) in [6.45, 7) is 3.46. The molecule has 1 aliphatic heterocycles. The standard InChI is InChI=1S/C14H18Cl2N2O2/c1-17-5-7-18(8-6-17)12(9-13(19)20)14-10(15)3-2-4-11(14)16/h2-4,12H,5-9H2,1H3,(H,19,20). The van der Waals surface area contributed by atoms with E-state index in [2.05, 4.69) is 16.8 Å². The number of carbonyl (C=O) groups is 1. The van der Waals surface area contributed by atoms with Crippen molar-refractivity contribution in [2.75, 3.05) is 33.2 Å². The van der Waals surface area contributed by atoms with E-state index in [0.717, 1.165) is 31.7 Å². The lowest BCUT2D eigenvalue weighted by molar-refractivity contribution is -0.138. The molecule has 1 aromatic rings. The smallest absolute Gasteiger partial charge is 0.305 e. The Balaban J connectivity index is 2.30. The average molecular weight is 317 g/mol. The van der Waals surface area contributed by atoms with Gasteiger partial charge in [-0.25, -0.2) is 0 Å². The van der Waals surface area contributed by atoms with Crippen LogP contribution in [0.25, 0.3) is 0 Å². The first-order valence-corrected chi connectivity index (χ1v) is 7.33. The lowest BCUT2D eigenvalue weighted by Gasteiger charge is -2.38. The summed E-state index contributed by atoms with van der Waals surface area (Å²) in [7, 11) is 2.06. The maximum absolute atomic E-state index is 11.2. The Morgan fingerprint density at radius 1 is 1.25 bits per heavy atom. The lowest BCUT2D eigenvalue weighted by atomic mass is 10.0. The molecule has 0 radical (unpaired) electrons. The molecule has 1 heterocycles. The summed E-state index contributed by atoms with van der Waals surface area (Å²) in [4.78, 5) is 15.6. The highest BCUT2D eigenvalue weighted by Crippen LogP contribution is 2.36. The normalized spacial score (nSPS) is 18.9. The van der Waals surface area contributed by atoms with Gasteiger partial charge in [0, 0.05) is 47.8 Å². The molecule has 6 heteroatoms. The second-order valence-electron chi connectivity index (χ2n) is 5.09. The summed E-state index contributed by atoms with van der Waals surface area (Å²) in [5.41, 5.74) is 0.725. The molecule has 1 fully saturated rings. The van der Waals surface area contributed by atoms with Gasteiger partial charge in [0.25, 0.3) is 0 Å². The van der Waals surface area contributed by atoms with Crippen molar-refractivity contribution in [1.82, 2.24) is 9.80 Å². The van der Waals surface area contributed by atoms with Crippen molar-refractivity contribution in [2.24, 2.45) is 0 Å². The van der Waals surface area contributed by atoms with Crippen LogP contribution in [0.4, 0.5) is 0 Å². The first-order chi connectivity index (χ1) is 9.49. The number of piperazine rings is 1. The Morgan fingerprint density at radius 3 is 2.30 bits per heavy atom. The third-order valence-electron chi connectivity index (χ3n) is 3.68. The van der Waals surface area contributed by atoms with Crippen LogP contribution >= 0.6 is 23.2 Å². The number of carboxylic acid groups (broad SMARTS) is 1. The Bertz CT molecular complexity index is 468. The van der Waals surface area contributed by atoms with Crippen molar-refractivity contribution in [3.8, 4) is 0 Å². The maximum atomic E-state index is 11.2. The Hall–Kier alpha value is -0.810. The quantitative estimate of drug-likeness (QED) is 0.927. The number of nitrogens with zero attached hydrogens (tertiary/aromatic N) is 2. The summed E-state index contributed by atoms with van der Waals surface area (Å²) >= 11 is 12.5. The highest BCUT2D eigenvalue weighted by Gasteiger charge is 2.29. The Morgan fingerprint density at radius 2 is 1.80 bits per heavy atom. The molecule has 1 atom stereocenters. The molecule has 1 aromatic carbocycles. The Labute approximate surface area is 128 Å². The summed E-state index contributed by atoms with van der Waals surface area (Å²) in [5.74, 6) is -0.843. The molecular weight excluding hydrogens is 299 g/mol. The Kier molecular flexibility index (Phi) is 5.27. The fourth-order valence-corrected chi connectivity index (χ4v) is 3.19. The van der Waals surface area contributed by atoms with Crippen LogP contribution in [0.3, 0.4) is 0 Å². The van der Waals surface area contributed by atoms with Crippen LogP contribution in [0.2, 0.25) is 10.0 Å². The third kappa shape index (κ3) is 3.64. The van der Waals surface area contributed by atoms with E-state index in [1.54, 1.807) is 18.2 Å². The minimum atomic E-state index is -0.843. The van der Waals surface area contributed by atoms with E-state index in [9.17, 15) is 9.90 Å². The first kappa shape index (κ1) is 15.6. The number of benzene rings is 1. The molecule has 1 aliphatic rings. The van der Waals surface area contributed by atoms with Crippen molar-refractivity contribution in [2.45, 2.75) is 12.5 Å². The number of rotatable bonds is 4. The fraction of sp³-hybridized carbons (Fsp3) is 0.500. The van der Waals surface area contributed by atoms with Crippen molar-refractivity contribution in [3.63, 3.8) is 0 Å². The van der Waals surface area contributed by atoms with E-state index in [-0.39, 0.29) is 12.5 Å². The SMILES string of the molecule is CN1CCN(C(CC(=O)O)c2c(Cl)cccc2Cl)CC1. The molecule has 0 aromatic heterocycles. The van der Waals surface area contributed by atoms with E-state index in [0.29, 0.717) is 10.0 Å². The fourth-order valence-electron chi connectivity index (χ4n) is 2.54. The molecular formula is C14H18Cl2N2O2. The average Bonchev–Trinajstić information content (AvgIpc) is 2.38. The van der Waals surface area contributed by atoms with E-state index >= 15 is 0 Å². The zero-order valence-corrected chi connectivity index (χ0v) is 12.9. The third-order valence-corrected chi connectivity index (χ3v) is 4.34. The van der Waals surface area contributed by atoms with Crippen LogP contribution in [0.5, 0.6) is 0 Å². The van der Waals surface area contributed by atoms with Gasteiger partial charge >= 0.3 is 5.97 Å². The highest BCUT2D eigenvalue weighted by molar-refractivity contribution is 6.36. The van der Waals surface area contributed by atoms with Gasteiger partial charge in [-0.05, 0) is 19.2 Å². The van der Waals surface area contributed by atoms with Crippen molar-refractivity contribution < 1.29 is 9.90 Å². The van der Waals surface area contributed by atoms with Crippen molar-refractivity contribution in [1.29, 1.82) is 0 Å². The second kappa shape index (κ2) is 6.76. The number of hydrogen-bond donors (Lipinski definition) is 1. The van der Waals surface area contributed by atoms with Crippen molar-refractivity contribution >= 4 is 29.2 Å². The van der Waals surface area contributed by atoms with Gasteiger partial charge in [0.15, 0.2) is 0 Å². The first-order valence-electron chi connectivity index (χ1n) is 6.57. The largest absolute Gasteiger partial charge is 0.481 e. The zero-order chi connectivity index (χ0) is 14.7. The monoisotopic (exact) mass is 316 g/mol. The molecule has 2 rings (SSSR count). The van der Waals surface area contributed by atoms with Gasteiger partial charge in [-0.3, -0.25) is 9.69 Å². The number of hydrogen-bond acceptors (Lipinski definition) is 3. The van der Waals surface area contributed by atoms with Gasteiger partial charge in [-0.2, -0.15) is 0 Å². The number of aliphatic carboxylic acids is 1. The molecule has 110 valence electrons. The number of likely N-dealkylation sites (N-methyl/N-ethyl adjacent to an activating group) is 1. The second-order valence-corrected chi connectivity index (χ2v) is 5.90. The molecule has 0 bridgehead atoms. The van der Waals surface area contributed by atoms with E-state index < -0.39 is 5.97 Å². The number of carboxylic acids is 1. The van der Waals surface area contributed by atoms with Crippen LogP contribution in [-0.4, -0.2) is 54.1 Å². The highest BCUT2D eigenvalue weighted by atomic mass is 35.5. The summed E-state index contributed by atoms with van der Waals surface area (Å²) in [6.07, 6.45) is 0.00711. The maximum Gasteiger partial charge on any atom is 0.305 e. The molecule has 1 N–H and O–H groups in total. The molecule has 1 unspecified atom stereocenters. The van der Waals surface area contributed by atoms with Crippen LogP contribution in [0, 0.1) is 0 Å². The van der Waals surface area contributed by atoms with Crippen LogP contribution in [0.1, 0.15) is 18.0 Å². The minimum Gasteiger partial charge on any atom is -0.481 e. The zero-order valence-electron chi connectivity index (χ0n) is 11.4. The molecule has 0 aliphatic carbocycles. The van der Waals surface area contributed by atoms with Gasteiger partial charge in [-0.1, -0.05) is 29.3 Å². The summed E-state index contributed by atoms with van der Waals surface area (Å²) in [5, 5.41) is 10.2. The molecule has 0 amide bonds. The van der Waals surface area contributed by atoms with Crippen LogP contribution in [0.15, 0.2) is 18.2 Å². The number of halogens is 2. The predicted octanol–water partition coefficient (Wildman–Crippen LogP) is 2.76. The van der Waals surface area contributed by atoms with E-state index in [1.165, 1.54) is 0 Å². The topological polar surface area (TPSA) is 43.8 Å². The van der Waals surface area contributed by atoms with Gasteiger partial charge in [0.2, 0.25) is 0 Å². The lowest BCUT2D eigenvalue weighted by Crippen LogP contribution is -2.46. The van der Waals surface area contributed by atoms with E-state index in [1.807, 2.05) is 0 Å². The van der Waals surface area contributed by atoms with Gasteiger partial charge < -0.3 is 10.0 Å². The van der Waals surface area contributed by atoms with Crippen molar-refractivity contribution in [3.05, 3.63) is 33.8 Å². The predicted molar refractivity (Wildman–Crippen MR) is 80.5 cm³/mol. The summed E-state index contributed by atoms with van der Waals surface area (Å²) in [6, 6.07) is 5.01. The van der Waals surface area contributed by atoms with Gasteiger partial charge in [-0.15, -0.1) is 0 Å². The molecule has 0 spiro atoms. The van der Waals surface area contributed by atoms with Gasteiger partial charge in [0.1, 0.15) is 0 Å². The van der Waals surface area contributed by atoms with Crippen LogP contribution in [-0.2, 0) is 4.79 Å². The van der Waals surface area contributed by atoms with Gasteiger partial charge in [0.05, 0.1) is 6.42 Å². The molecule has 0 saturated carbocycles. The minimum absolute atomic E-state index is 0.00711. The molecule has 20 heavy (non-hydrogen) atoms.